The lowest BCUT2D eigenvalue weighted by Gasteiger charge is -1.97. The number of rotatable bonds is 3. The predicted molar refractivity (Wildman–Crippen MR) is 43.5 cm³/mol. The Hall–Kier alpha value is -0.590. The molecule has 0 unspecified atom stereocenters. The number of hydrogen-bond acceptors (Lipinski definition) is 0. The van der Waals surface area contributed by atoms with Crippen LogP contribution in [0.3, 0.4) is 0 Å². The van der Waals surface area contributed by atoms with Gasteiger partial charge < -0.3 is 0 Å². The Morgan fingerprint density at radius 1 is 1.40 bits per heavy atom. The minimum Gasteiger partial charge on any atom is -0.207 e. The van der Waals surface area contributed by atoms with Crippen LogP contribution in [-0.2, 0) is 0 Å². The third-order valence-corrected chi connectivity index (χ3v) is 1.42. The summed E-state index contributed by atoms with van der Waals surface area (Å²) in [5.74, 6) is -0.0625. The first-order chi connectivity index (χ1) is 4.76. The van der Waals surface area contributed by atoms with Gasteiger partial charge in [0.2, 0.25) is 0 Å². The molecule has 0 aromatic carbocycles. The summed E-state index contributed by atoms with van der Waals surface area (Å²) in [5.41, 5.74) is 0.807. The molecule has 0 bridgehead atoms. The largest absolute Gasteiger partial charge is 0.207 e. The topological polar surface area (TPSA) is 0 Å². The Kier molecular flexibility index (Phi) is 4.91. The highest BCUT2D eigenvalue weighted by atomic mass is 19.1. The van der Waals surface area contributed by atoms with Gasteiger partial charge >= 0.3 is 0 Å². The van der Waals surface area contributed by atoms with Crippen molar-refractivity contribution >= 4 is 0 Å². The van der Waals surface area contributed by atoms with E-state index in [0.717, 1.165) is 18.4 Å². The molecule has 10 heavy (non-hydrogen) atoms. The van der Waals surface area contributed by atoms with Gasteiger partial charge in [-0.25, -0.2) is 4.39 Å². The van der Waals surface area contributed by atoms with E-state index in [4.69, 9.17) is 0 Å². The zero-order chi connectivity index (χ0) is 7.98. The Morgan fingerprint density at radius 3 is 2.30 bits per heavy atom. The molecule has 0 aromatic rings. The second-order valence-electron chi connectivity index (χ2n) is 2.13. The smallest absolute Gasteiger partial charge is 0.122 e. The van der Waals surface area contributed by atoms with E-state index < -0.39 is 0 Å². The molecule has 58 valence electrons. The van der Waals surface area contributed by atoms with E-state index in [1.165, 1.54) is 0 Å². The maximum atomic E-state index is 12.9. The molecule has 0 radical (unpaired) electrons. The fourth-order valence-electron chi connectivity index (χ4n) is 0.821. The summed E-state index contributed by atoms with van der Waals surface area (Å²) in [6.07, 6.45) is 4.97. The standard InChI is InChI=1S/C9H15F/c1-4-7-9(10)8(5-2)6-3/h5,7H,4,6H2,1-3H3/b8-5-,9-7+. The van der Waals surface area contributed by atoms with Crippen LogP contribution >= 0.6 is 0 Å². The van der Waals surface area contributed by atoms with Gasteiger partial charge in [0.15, 0.2) is 0 Å². The Bertz CT molecular complexity index is 143. The molecule has 0 N–H and O–H groups in total. The summed E-state index contributed by atoms with van der Waals surface area (Å²) in [5, 5.41) is 0. The summed E-state index contributed by atoms with van der Waals surface area (Å²) < 4.78 is 12.9. The summed E-state index contributed by atoms with van der Waals surface area (Å²) in [4.78, 5) is 0. The van der Waals surface area contributed by atoms with Crippen LogP contribution < -0.4 is 0 Å². The van der Waals surface area contributed by atoms with Gasteiger partial charge in [-0.3, -0.25) is 0 Å². The molecule has 0 aliphatic heterocycles. The van der Waals surface area contributed by atoms with Crippen molar-refractivity contribution in [1.82, 2.24) is 0 Å². The lowest BCUT2D eigenvalue weighted by atomic mass is 10.1. The molecule has 0 amide bonds. The van der Waals surface area contributed by atoms with Gasteiger partial charge in [0, 0.05) is 0 Å². The number of halogens is 1. The van der Waals surface area contributed by atoms with E-state index in [1.807, 2.05) is 26.8 Å². The lowest BCUT2D eigenvalue weighted by Crippen LogP contribution is -1.80. The van der Waals surface area contributed by atoms with Crippen molar-refractivity contribution in [3.05, 3.63) is 23.6 Å². The summed E-state index contributed by atoms with van der Waals surface area (Å²) in [6.45, 7) is 5.75. The van der Waals surface area contributed by atoms with Gasteiger partial charge in [-0.05, 0) is 31.4 Å². The molecule has 0 aliphatic rings. The molecule has 0 saturated heterocycles. The second-order valence-corrected chi connectivity index (χ2v) is 2.13. The van der Waals surface area contributed by atoms with Crippen LogP contribution in [0.2, 0.25) is 0 Å². The molecule has 0 aliphatic carbocycles. The Labute approximate surface area is 62.4 Å². The zero-order valence-corrected chi connectivity index (χ0v) is 6.95. The van der Waals surface area contributed by atoms with E-state index in [2.05, 4.69) is 0 Å². The van der Waals surface area contributed by atoms with Crippen molar-refractivity contribution in [3.8, 4) is 0 Å². The molecular formula is C9H15F. The second kappa shape index (κ2) is 5.21. The fraction of sp³-hybridized carbons (Fsp3) is 0.556. The zero-order valence-electron chi connectivity index (χ0n) is 6.95. The predicted octanol–water partition coefficient (Wildman–Crippen LogP) is 3.61. The van der Waals surface area contributed by atoms with Crippen LogP contribution in [0.5, 0.6) is 0 Å². The van der Waals surface area contributed by atoms with Gasteiger partial charge in [0.05, 0.1) is 0 Å². The molecule has 0 nitrogen and oxygen atoms in total. The highest BCUT2D eigenvalue weighted by Gasteiger charge is 1.97. The van der Waals surface area contributed by atoms with Gasteiger partial charge in [0.25, 0.3) is 0 Å². The van der Waals surface area contributed by atoms with E-state index >= 15 is 0 Å². The monoisotopic (exact) mass is 142 g/mol. The van der Waals surface area contributed by atoms with Crippen LogP contribution in [0.1, 0.15) is 33.6 Å². The SMILES string of the molecule is C/C=C(CC)\C(F)=C/CC. The third kappa shape index (κ3) is 2.81. The van der Waals surface area contributed by atoms with Crippen molar-refractivity contribution in [2.24, 2.45) is 0 Å². The highest BCUT2D eigenvalue weighted by molar-refractivity contribution is 5.23. The molecule has 0 rings (SSSR count). The van der Waals surface area contributed by atoms with Crippen molar-refractivity contribution < 1.29 is 4.39 Å². The number of hydrogen-bond donors (Lipinski definition) is 0. The first-order valence-corrected chi connectivity index (χ1v) is 3.77. The Morgan fingerprint density at radius 2 is 2.00 bits per heavy atom. The summed E-state index contributed by atoms with van der Waals surface area (Å²) >= 11 is 0. The summed E-state index contributed by atoms with van der Waals surface area (Å²) in [6, 6.07) is 0. The Balaban J connectivity index is 4.16. The van der Waals surface area contributed by atoms with Crippen molar-refractivity contribution in [2.75, 3.05) is 0 Å². The maximum absolute atomic E-state index is 12.9. The van der Waals surface area contributed by atoms with Gasteiger partial charge in [0.1, 0.15) is 5.83 Å². The fourth-order valence-corrected chi connectivity index (χ4v) is 0.821. The molecule has 0 saturated carbocycles. The van der Waals surface area contributed by atoms with Gasteiger partial charge in [-0.1, -0.05) is 19.9 Å². The average molecular weight is 142 g/mol. The van der Waals surface area contributed by atoms with Crippen molar-refractivity contribution in [3.63, 3.8) is 0 Å². The van der Waals surface area contributed by atoms with Crippen molar-refractivity contribution in [2.45, 2.75) is 33.6 Å². The van der Waals surface area contributed by atoms with Gasteiger partial charge in [-0.2, -0.15) is 0 Å². The van der Waals surface area contributed by atoms with Crippen molar-refractivity contribution in [1.29, 1.82) is 0 Å². The third-order valence-electron chi connectivity index (χ3n) is 1.42. The normalized spacial score (nSPS) is 14.0. The average Bonchev–Trinajstić information content (AvgIpc) is 1.91. The first kappa shape index (κ1) is 9.41. The van der Waals surface area contributed by atoms with E-state index in [9.17, 15) is 4.39 Å². The highest BCUT2D eigenvalue weighted by Crippen LogP contribution is 2.14. The number of allylic oxidation sites excluding steroid dienone is 4. The minimum atomic E-state index is -0.0625. The minimum absolute atomic E-state index is 0.0625. The molecule has 0 aromatic heterocycles. The van der Waals surface area contributed by atoms with Crippen LogP contribution in [0.25, 0.3) is 0 Å². The summed E-state index contributed by atoms with van der Waals surface area (Å²) in [7, 11) is 0. The van der Waals surface area contributed by atoms with Crippen LogP contribution in [0.15, 0.2) is 23.6 Å². The molecule has 0 heterocycles. The maximum Gasteiger partial charge on any atom is 0.122 e. The van der Waals surface area contributed by atoms with E-state index in [1.54, 1.807) is 6.08 Å². The van der Waals surface area contributed by atoms with Crippen LogP contribution in [0, 0.1) is 0 Å². The molecule has 0 fully saturated rings. The van der Waals surface area contributed by atoms with Gasteiger partial charge in [-0.15, -0.1) is 0 Å². The molecule has 0 atom stereocenters. The van der Waals surface area contributed by atoms with E-state index in [0.29, 0.717) is 0 Å². The molecule has 0 spiro atoms. The quantitative estimate of drug-likeness (QED) is 0.528. The molecular weight excluding hydrogens is 127 g/mol. The van der Waals surface area contributed by atoms with Crippen LogP contribution in [-0.4, -0.2) is 0 Å². The first-order valence-electron chi connectivity index (χ1n) is 3.77. The van der Waals surface area contributed by atoms with E-state index in [-0.39, 0.29) is 5.83 Å². The van der Waals surface area contributed by atoms with Crippen LogP contribution in [0.4, 0.5) is 4.39 Å². The molecule has 1 heteroatoms. The lowest BCUT2D eigenvalue weighted by molar-refractivity contribution is 0.637.